The number of hydrogen-bond acceptors (Lipinski definition) is 3. The van der Waals surface area contributed by atoms with Crippen LogP contribution in [-0.2, 0) is 4.79 Å². The van der Waals surface area contributed by atoms with E-state index in [9.17, 15) is 10.0 Å². The molecule has 4 heteroatoms. The lowest BCUT2D eigenvalue weighted by molar-refractivity contribution is -0.174. The van der Waals surface area contributed by atoms with E-state index in [2.05, 4.69) is 19.2 Å². The van der Waals surface area contributed by atoms with Crippen molar-refractivity contribution in [2.45, 2.75) is 58.7 Å². The quantitative estimate of drug-likeness (QED) is 0.730. The van der Waals surface area contributed by atoms with Crippen LogP contribution in [0.1, 0.15) is 41.0 Å². The number of hydroxylamine groups is 2. The van der Waals surface area contributed by atoms with Crippen molar-refractivity contribution in [3.63, 3.8) is 0 Å². The average molecular weight is 214 g/mol. The van der Waals surface area contributed by atoms with Crippen LogP contribution in [0.3, 0.4) is 0 Å². The van der Waals surface area contributed by atoms with Gasteiger partial charge in [0, 0.05) is 18.5 Å². The van der Waals surface area contributed by atoms with Crippen LogP contribution in [0.5, 0.6) is 0 Å². The molecule has 1 aliphatic rings. The smallest absolute Gasteiger partial charge is 0.217 e. The molecule has 0 aromatic rings. The molecule has 1 saturated heterocycles. The highest BCUT2D eigenvalue weighted by molar-refractivity contribution is 5.73. The van der Waals surface area contributed by atoms with Crippen LogP contribution >= 0.6 is 0 Å². The predicted molar refractivity (Wildman–Crippen MR) is 58.6 cm³/mol. The van der Waals surface area contributed by atoms with Gasteiger partial charge < -0.3 is 10.5 Å². The zero-order valence-corrected chi connectivity index (χ0v) is 10.2. The van der Waals surface area contributed by atoms with Crippen molar-refractivity contribution >= 4 is 5.91 Å². The van der Waals surface area contributed by atoms with E-state index >= 15 is 0 Å². The Kier molecular flexibility index (Phi) is 3.41. The number of nitrogens with zero attached hydrogens (tertiary/aromatic N) is 1. The third-order valence-corrected chi connectivity index (χ3v) is 3.11. The van der Waals surface area contributed by atoms with Crippen LogP contribution in [0.4, 0.5) is 0 Å². The molecule has 0 aromatic heterocycles. The predicted octanol–water partition coefficient (Wildman–Crippen LogP) is 1.39. The first kappa shape index (κ1) is 12.5. The summed E-state index contributed by atoms with van der Waals surface area (Å²) in [6.45, 7) is 9.62. The molecule has 88 valence electrons. The Balaban J connectivity index is 2.83. The van der Waals surface area contributed by atoms with Gasteiger partial charge in [0.2, 0.25) is 5.91 Å². The Bertz CT molecular complexity index is 251. The number of amides is 1. The molecule has 1 aliphatic heterocycles. The Morgan fingerprint density at radius 1 is 1.53 bits per heavy atom. The molecular formula is C11H22N2O2. The van der Waals surface area contributed by atoms with Gasteiger partial charge in [-0.3, -0.25) is 4.79 Å². The van der Waals surface area contributed by atoms with Gasteiger partial charge >= 0.3 is 0 Å². The molecule has 15 heavy (non-hydrogen) atoms. The first-order valence-corrected chi connectivity index (χ1v) is 5.51. The molecule has 0 aliphatic carbocycles. The van der Waals surface area contributed by atoms with Crippen LogP contribution in [0, 0.1) is 5.92 Å². The van der Waals surface area contributed by atoms with E-state index in [4.69, 9.17) is 0 Å². The third kappa shape index (κ3) is 2.49. The number of rotatable bonds is 2. The van der Waals surface area contributed by atoms with Crippen LogP contribution in [0.25, 0.3) is 0 Å². The van der Waals surface area contributed by atoms with E-state index in [0.717, 1.165) is 6.42 Å². The molecule has 0 saturated carbocycles. The van der Waals surface area contributed by atoms with Crippen molar-refractivity contribution in [1.29, 1.82) is 0 Å². The average Bonchev–Trinajstić information content (AvgIpc) is 2.20. The van der Waals surface area contributed by atoms with Crippen LogP contribution in [0.2, 0.25) is 0 Å². The molecule has 1 amide bonds. The van der Waals surface area contributed by atoms with Gasteiger partial charge in [-0.25, -0.2) is 0 Å². The fourth-order valence-electron chi connectivity index (χ4n) is 2.47. The van der Waals surface area contributed by atoms with Crippen molar-refractivity contribution in [2.75, 3.05) is 0 Å². The van der Waals surface area contributed by atoms with Gasteiger partial charge in [0.1, 0.15) is 0 Å². The Morgan fingerprint density at radius 2 is 2.07 bits per heavy atom. The summed E-state index contributed by atoms with van der Waals surface area (Å²) >= 11 is 0. The van der Waals surface area contributed by atoms with Crippen molar-refractivity contribution < 1.29 is 10.0 Å². The van der Waals surface area contributed by atoms with Crippen molar-refractivity contribution in [3.05, 3.63) is 0 Å². The second-order valence-corrected chi connectivity index (χ2v) is 5.40. The zero-order valence-electron chi connectivity index (χ0n) is 10.2. The van der Waals surface area contributed by atoms with Crippen LogP contribution < -0.4 is 5.32 Å². The standard InChI is InChI=1S/C11H22N2O2/c1-7(2)10-9(12-8(3)14)6-11(4,5)13(10)15/h7,9-10,15H,6H2,1-5H3,(H,12,14). The maximum absolute atomic E-state index is 11.1. The topological polar surface area (TPSA) is 52.6 Å². The molecule has 0 radical (unpaired) electrons. The fraction of sp³-hybridized carbons (Fsp3) is 0.909. The minimum absolute atomic E-state index is 0.00361. The minimum atomic E-state index is -0.262. The molecule has 2 atom stereocenters. The summed E-state index contributed by atoms with van der Waals surface area (Å²) in [4.78, 5) is 11.1. The van der Waals surface area contributed by atoms with Crippen molar-refractivity contribution in [3.8, 4) is 0 Å². The Morgan fingerprint density at radius 3 is 2.47 bits per heavy atom. The lowest BCUT2D eigenvalue weighted by Gasteiger charge is -2.32. The minimum Gasteiger partial charge on any atom is -0.352 e. The van der Waals surface area contributed by atoms with Gasteiger partial charge in [0.05, 0.1) is 6.04 Å². The number of carbonyl (C=O) groups excluding carboxylic acids is 1. The van der Waals surface area contributed by atoms with Gasteiger partial charge in [0.15, 0.2) is 0 Å². The summed E-state index contributed by atoms with van der Waals surface area (Å²) in [5, 5.41) is 14.4. The van der Waals surface area contributed by atoms with E-state index in [-0.39, 0.29) is 23.5 Å². The van der Waals surface area contributed by atoms with Crippen molar-refractivity contribution in [2.24, 2.45) is 5.92 Å². The summed E-state index contributed by atoms with van der Waals surface area (Å²) < 4.78 is 0. The molecule has 0 aromatic carbocycles. The van der Waals surface area contributed by atoms with Crippen LogP contribution in [-0.4, -0.2) is 33.8 Å². The molecule has 4 nitrogen and oxygen atoms in total. The highest BCUT2D eigenvalue weighted by Gasteiger charge is 2.47. The number of carbonyl (C=O) groups is 1. The van der Waals surface area contributed by atoms with Gasteiger partial charge in [-0.2, -0.15) is 5.06 Å². The SMILES string of the molecule is CC(=O)NC1CC(C)(C)N(O)C1C(C)C. The van der Waals surface area contributed by atoms with E-state index in [1.54, 1.807) is 0 Å². The third-order valence-electron chi connectivity index (χ3n) is 3.11. The Hall–Kier alpha value is -0.610. The van der Waals surface area contributed by atoms with E-state index in [1.807, 2.05) is 13.8 Å². The summed E-state index contributed by atoms with van der Waals surface area (Å²) in [6, 6.07) is 0.0476. The van der Waals surface area contributed by atoms with Gasteiger partial charge in [-0.15, -0.1) is 0 Å². The van der Waals surface area contributed by atoms with E-state index in [0.29, 0.717) is 5.92 Å². The normalized spacial score (nSPS) is 30.9. The van der Waals surface area contributed by atoms with Gasteiger partial charge in [0.25, 0.3) is 0 Å². The summed E-state index contributed by atoms with van der Waals surface area (Å²) in [5.74, 6) is 0.283. The highest BCUT2D eigenvalue weighted by atomic mass is 16.5. The molecule has 2 N–H and O–H groups in total. The van der Waals surface area contributed by atoms with Gasteiger partial charge in [-0.1, -0.05) is 13.8 Å². The fourth-order valence-corrected chi connectivity index (χ4v) is 2.47. The highest BCUT2D eigenvalue weighted by Crippen LogP contribution is 2.35. The zero-order chi connectivity index (χ0) is 11.8. The largest absolute Gasteiger partial charge is 0.352 e. The summed E-state index contributed by atoms with van der Waals surface area (Å²) in [7, 11) is 0. The maximum Gasteiger partial charge on any atom is 0.217 e. The summed E-state index contributed by atoms with van der Waals surface area (Å²) in [5.41, 5.74) is -0.262. The van der Waals surface area contributed by atoms with E-state index in [1.165, 1.54) is 12.0 Å². The second-order valence-electron chi connectivity index (χ2n) is 5.40. The van der Waals surface area contributed by atoms with Crippen LogP contribution in [0.15, 0.2) is 0 Å². The molecule has 0 spiro atoms. The maximum atomic E-state index is 11.1. The molecule has 2 unspecified atom stereocenters. The number of hydrogen-bond donors (Lipinski definition) is 2. The van der Waals surface area contributed by atoms with E-state index < -0.39 is 0 Å². The first-order chi connectivity index (χ1) is 6.75. The first-order valence-electron chi connectivity index (χ1n) is 5.51. The lowest BCUT2D eigenvalue weighted by atomic mass is 9.95. The molecule has 1 heterocycles. The molecular weight excluding hydrogens is 192 g/mol. The number of nitrogens with one attached hydrogen (secondary N) is 1. The lowest BCUT2D eigenvalue weighted by Crippen LogP contribution is -2.48. The molecule has 0 bridgehead atoms. The van der Waals surface area contributed by atoms with Gasteiger partial charge in [-0.05, 0) is 26.2 Å². The molecule has 1 fully saturated rings. The molecule has 1 rings (SSSR count). The monoisotopic (exact) mass is 214 g/mol. The summed E-state index contributed by atoms with van der Waals surface area (Å²) in [6.07, 6.45) is 0.784. The second kappa shape index (κ2) is 4.10. The Labute approximate surface area is 91.6 Å². The van der Waals surface area contributed by atoms with Crippen molar-refractivity contribution in [1.82, 2.24) is 10.4 Å².